The highest BCUT2D eigenvalue weighted by Crippen LogP contribution is 2.60. The Morgan fingerprint density at radius 3 is 2.61 bits per heavy atom. The molecule has 11 rings (SSSR count). The molecule has 3 fully saturated rings. The molecule has 1 spiro atoms. The fourth-order valence-electron chi connectivity index (χ4n) is 14.9. The third kappa shape index (κ3) is 9.94. The smallest absolute Gasteiger partial charge is 0.161 e. The van der Waals surface area contributed by atoms with E-state index in [9.17, 15) is 25.5 Å². The maximum absolute atomic E-state index is 11.7. The zero-order valence-electron chi connectivity index (χ0n) is 42.3. The first-order valence-electron chi connectivity index (χ1n) is 27.6. The fraction of sp³-hybridized carbons (Fsp3) is 0.541. The summed E-state index contributed by atoms with van der Waals surface area (Å²) < 4.78 is 12.5. The van der Waals surface area contributed by atoms with Crippen molar-refractivity contribution < 1.29 is 34.7 Å². The number of nitrogens with two attached hydrogens (primary N) is 1. The molecule has 3 aromatic heterocycles. The molecular weight excluding hydrogens is 901 g/mol. The fourth-order valence-corrected chi connectivity index (χ4v) is 14.9. The minimum atomic E-state index is -0.895. The summed E-state index contributed by atoms with van der Waals surface area (Å²) in [5.74, 6) is 4.50. The Labute approximate surface area is 424 Å². The van der Waals surface area contributed by atoms with E-state index in [2.05, 4.69) is 63.8 Å². The summed E-state index contributed by atoms with van der Waals surface area (Å²) >= 11 is 0. The molecule has 10 atom stereocenters. The van der Waals surface area contributed by atoms with Crippen LogP contribution in [0.15, 0.2) is 77.4 Å². The van der Waals surface area contributed by atoms with Gasteiger partial charge >= 0.3 is 0 Å². The number of aromatic amines is 2. The number of aromatic hydroxyl groups is 1. The maximum Gasteiger partial charge on any atom is 0.161 e. The number of rotatable bonds is 18. The number of benzene rings is 3. The van der Waals surface area contributed by atoms with Crippen molar-refractivity contribution in [1.82, 2.24) is 15.3 Å². The van der Waals surface area contributed by atoms with Gasteiger partial charge in [0.15, 0.2) is 11.5 Å². The van der Waals surface area contributed by atoms with Crippen molar-refractivity contribution >= 4 is 27.8 Å². The van der Waals surface area contributed by atoms with Crippen molar-refractivity contribution in [2.45, 2.75) is 153 Å². The number of unbranched alkanes of at least 4 members (excludes halogenated alkanes) is 1. The van der Waals surface area contributed by atoms with E-state index in [1.807, 2.05) is 31.3 Å². The first-order valence-corrected chi connectivity index (χ1v) is 27.6. The van der Waals surface area contributed by atoms with Crippen LogP contribution < -0.4 is 15.8 Å². The Bertz CT molecular complexity index is 2850. The molecular formula is C61H78N4O7. The van der Waals surface area contributed by atoms with Gasteiger partial charge in [-0.05, 0) is 169 Å². The first-order chi connectivity index (χ1) is 35.0. The van der Waals surface area contributed by atoms with Gasteiger partial charge in [-0.25, -0.2) is 0 Å². The standard InChI is InChI=1S/C61H78N4O7/c1-36(67)32-63-33-50-44-8-6-9-51(44)61(22-4-5-23-61)31-55-49(50)30-54(65-55)57(69)35-71-59-26-38(13-20-56(59)68)11-15-42-27-41(34-66)58(72-42)10-3-2-7-37-12-16-45(52(62)25-37)47-19-18-43-46(60(47)70)17-14-39-29-53-40(21-24-64-53)28-48(39)43/h13-14,17-21,24,26-30,36-37,44-45,47,50-52,57,60,63-70H,2-12,15-16,22-23,25,31-35,62H2,1H3/t36-,37+,44-,45-,47+,50-,51-,52+,57-,60-/m0/s1. The second kappa shape index (κ2) is 21.2. The van der Waals surface area contributed by atoms with Crippen LogP contribution in [0.25, 0.3) is 27.8 Å². The predicted octanol–water partition coefficient (Wildman–Crippen LogP) is 10.8. The van der Waals surface area contributed by atoms with Crippen LogP contribution in [-0.4, -0.2) is 67.3 Å². The number of aromatic nitrogens is 2. The van der Waals surface area contributed by atoms with E-state index in [0.717, 1.165) is 109 Å². The second-order valence-corrected chi connectivity index (χ2v) is 23.0. The van der Waals surface area contributed by atoms with Gasteiger partial charge in [0.2, 0.25) is 0 Å². The zero-order chi connectivity index (χ0) is 49.5. The number of aliphatic hydroxyl groups excluding tert-OH is 4. The molecule has 384 valence electrons. The lowest BCUT2D eigenvalue weighted by Gasteiger charge is -2.41. The van der Waals surface area contributed by atoms with Gasteiger partial charge in [0.05, 0.1) is 18.8 Å². The van der Waals surface area contributed by atoms with Crippen molar-refractivity contribution in [3.63, 3.8) is 0 Å². The summed E-state index contributed by atoms with van der Waals surface area (Å²) in [5.41, 5.74) is 15.6. The number of hydrogen-bond donors (Lipinski definition) is 9. The first kappa shape index (κ1) is 49.3. The molecule has 0 bridgehead atoms. The number of fused-ring (bicyclic) bond motifs is 7. The van der Waals surface area contributed by atoms with Gasteiger partial charge in [-0.3, -0.25) is 0 Å². The number of aliphatic hydroxyl groups is 4. The Morgan fingerprint density at radius 1 is 0.903 bits per heavy atom. The van der Waals surface area contributed by atoms with E-state index in [1.54, 1.807) is 6.07 Å². The van der Waals surface area contributed by atoms with E-state index >= 15 is 0 Å². The molecule has 0 unspecified atom stereocenters. The molecule has 5 aliphatic carbocycles. The average molecular weight is 979 g/mol. The molecule has 72 heavy (non-hydrogen) atoms. The summed E-state index contributed by atoms with van der Waals surface area (Å²) in [6.45, 7) is 3.15. The van der Waals surface area contributed by atoms with Crippen LogP contribution in [-0.2, 0) is 32.3 Å². The lowest BCUT2D eigenvalue weighted by molar-refractivity contribution is 0.0653. The third-order valence-electron chi connectivity index (χ3n) is 18.5. The van der Waals surface area contributed by atoms with Crippen LogP contribution in [0.4, 0.5) is 0 Å². The molecule has 0 aliphatic heterocycles. The number of aryl methyl sites for hydroxylation is 3. The van der Waals surface area contributed by atoms with Crippen LogP contribution >= 0.6 is 0 Å². The molecule has 0 amide bonds. The lowest BCUT2D eigenvalue weighted by Crippen LogP contribution is -2.42. The van der Waals surface area contributed by atoms with Crippen LogP contribution in [0.2, 0.25) is 0 Å². The number of phenols is 1. The highest BCUT2D eigenvalue weighted by Gasteiger charge is 2.52. The van der Waals surface area contributed by atoms with Crippen molar-refractivity contribution in [3.8, 4) is 11.5 Å². The molecule has 5 aliphatic rings. The Balaban J connectivity index is 0.657. The van der Waals surface area contributed by atoms with Crippen molar-refractivity contribution in [2.75, 3.05) is 19.7 Å². The van der Waals surface area contributed by atoms with Gasteiger partial charge in [0, 0.05) is 77.9 Å². The number of H-pyrrole nitrogens is 2. The Kier molecular flexibility index (Phi) is 14.5. The molecule has 0 saturated heterocycles. The number of ether oxygens (including phenoxy) is 1. The van der Waals surface area contributed by atoms with E-state index in [0.29, 0.717) is 48.3 Å². The lowest BCUT2D eigenvalue weighted by atomic mass is 9.66. The summed E-state index contributed by atoms with van der Waals surface area (Å²) in [6, 6.07) is 20.3. The average Bonchev–Trinajstić information content (AvgIpc) is 4.25. The molecule has 6 aromatic rings. The summed E-state index contributed by atoms with van der Waals surface area (Å²) in [5, 5.41) is 61.6. The molecule has 3 aromatic carbocycles. The third-order valence-corrected chi connectivity index (χ3v) is 18.5. The topological polar surface area (TPSA) is 193 Å². The normalized spacial score (nSPS) is 26.5. The molecule has 11 nitrogen and oxygen atoms in total. The molecule has 0 radical (unpaired) electrons. The summed E-state index contributed by atoms with van der Waals surface area (Å²) in [4.78, 5) is 7.01. The van der Waals surface area contributed by atoms with Crippen LogP contribution in [0.5, 0.6) is 11.5 Å². The monoisotopic (exact) mass is 979 g/mol. The highest BCUT2D eigenvalue weighted by atomic mass is 16.5. The molecule has 11 heteroatoms. The predicted molar refractivity (Wildman–Crippen MR) is 284 cm³/mol. The van der Waals surface area contributed by atoms with Crippen LogP contribution in [0.1, 0.15) is 159 Å². The zero-order valence-corrected chi connectivity index (χ0v) is 42.3. The Morgan fingerprint density at radius 2 is 1.78 bits per heavy atom. The molecule has 3 heterocycles. The summed E-state index contributed by atoms with van der Waals surface area (Å²) in [7, 11) is 0. The van der Waals surface area contributed by atoms with Gasteiger partial charge in [-0.2, -0.15) is 0 Å². The van der Waals surface area contributed by atoms with Gasteiger partial charge in [-0.1, -0.05) is 68.9 Å². The minimum absolute atomic E-state index is 0.00185. The molecule has 3 saturated carbocycles. The van der Waals surface area contributed by atoms with Gasteiger partial charge in [-0.15, -0.1) is 0 Å². The quantitative estimate of drug-likeness (QED) is 0.0377. The second-order valence-electron chi connectivity index (χ2n) is 23.0. The summed E-state index contributed by atoms with van der Waals surface area (Å²) in [6.07, 6.45) is 22.8. The number of furan rings is 1. The molecule has 10 N–H and O–H groups in total. The van der Waals surface area contributed by atoms with E-state index in [4.69, 9.17) is 14.9 Å². The number of nitrogens with one attached hydrogen (secondary N) is 3. The van der Waals surface area contributed by atoms with E-state index in [1.165, 1.54) is 72.4 Å². The van der Waals surface area contributed by atoms with Crippen LogP contribution in [0.3, 0.4) is 0 Å². The van der Waals surface area contributed by atoms with Gasteiger partial charge in [0.1, 0.15) is 24.2 Å². The SMILES string of the molecule is C[C@H](O)CNC[C@@H]1c2cc([C@@H](O)COc3cc(CCc4cc(CO)c(CCCC[C@@H]5CC[C@@H]([C@H]6C=Cc7c(ccc8cc9[nH]ccc9cc78)[C@@H]6O)[C@H](N)C5)o4)ccc3O)[nH]c2CC2(CCCC2)[C@H]2CCC[C@@H]12. The number of phenolic OH excluding ortho intramolecular Hbond substituents is 1. The largest absolute Gasteiger partial charge is 0.504 e. The maximum atomic E-state index is 11.7. The highest BCUT2D eigenvalue weighted by molar-refractivity contribution is 6.01. The van der Waals surface area contributed by atoms with Crippen molar-refractivity contribution in [3.05, 3.63) is 124 Å². The van der Waals surface area contributed by atoms with Gasteiger partial charge in [0.25, 0.3) is 0 Å². The minimum Gasteiger partial charge on any atom is -0.504 e. The Hall–Kier alpha value is -4.88. The number of hydrogen-bond acceptors (Lipinski definition) is 9. The van der Waals surface area contributed by atoms with Crippen molar-refractivity contribution in [2.24, 2.45) is 40.7 Å². The van der Waals surface area contributed by atoms with Crippen molar-refractivity contribution in [1.29, 1.82) is 0 Å². The van der Waals surface area contributed by atoms with Gasteiger partial charge < -0.3 is 55.7 Å². The van der Waals surface area contributed by atoms with E-state index in [-0.39, 0.29) is 36.8 Å². The van der Waals surface area contributed by atoms with Crippen LogP contribution in [0, 0.1) is 35.0 Å². The van der Waals surface area contributed by atoms with E-state index < -0.39 is 18.3 Å².